The van der Waals surface area contributed by atoms with E-state index in [1.807, 2.05) is 47.9 Å². The summed E-state index contributed by atoms with van der Waals surface area (Å²) in [5.74, 6) is -0.00657. The van der Waals surface area contributed by atoms with E-state index in [2.05, 4.69) is 10.3 Å². The number of halogens is 1. The number of amides is 1. The van der Waals surface area contributed by atoms with Crippen LogP contribution in [0.15, 0.2) is 72.8 Å². The average molecular weight is 345 g/mol. The Balaban J connectivity index is 1.71. The number of fused-ring (bicyclic) bond motifs is 1. The topological polar surface area (TPSA) is 46.9 Å². The first kappa shape index (κ1) is 16.0. The van der Waals surface area contributed by atoms with Crippen LogP contribution in [0, 0.1) is 12.7 Å². The Hall–Kier alpha value is -3.47. The highest BCUT2D eigenvalue weighted by molar-refractivity contribution is 6.06. The molecule has 0 saturated carbocycles. The molecule has 0 fully saturated rings. The molecule has 1 aromatic heterocycles. The summed E-state index contributed by atoms with van der Waals surface area (Å²) >= 11 is 0. The lowest BCUT2D eigenvalue weighted by Gasteiger charge is -2.08. The third-order valence-corrected chi connectivity index (χ3v) is 4.22. The zero-order valence-corrected chi connectivity index (χ0v) is 14.1. The molecule has 0 aliphatic rings. The van der Waals surface area contributed by atoms with Gasteiger partial charge in [-0.1, -0.05) is 30.3 Å². The van der Waals surface area contributed by atoms with E-state index < -0.39 is 5.82 Å². The van der Waals surface area contributed by atoms with Crippen LogP contribution < -0.4 is 5.32 Å². The Morgan fingerprint density at radius 1 is 1.00 bits per heavy atom. The molecule has 0 atom stereocenters. The summed E-state index contributed by atoms with van der Waals surface area (Å²) in [6, 6.07) is 21.3. The molecule has 128 valence electrons. The van der Waals surface area contributed by atoms with Gasteiger partial charge in [-0.3, -0.25) is 9.36 Å². The van der Waals surface area contributed by atoms with Crippen molar-refractivity contribution < 1.29 is 9.18 Å². The molecule has 4 aromatic rings. The van der Waals surface area contributed by atoms with E-state index in [1.165, 1.54) is 12.1 Å². The molecule has 0 saturated heterocycles. The van der Waals surface area contributed by atoms with E-state index in [-0.39, 0.29) is 11.6 Å². The summed E-state index contributed by atoms with van der Waals surface area (Å²) < 4.78 is 15.8. The van der Waals surface area contributed by atoms with Gasteiger partial charge in [0, 0.05) is 11.3 Å². The molecule has 1 N–H and O–H groups in total. The van der Waals surface area contributed by atoms with Gasteiger partial charge in [-0.2, -0.15) is 0 Å². The van der Waals surface area contributed by atoms with Crippen LogP contribution in [-0.4, -0.2) is 15.5 Å². The first-order valence-corrected chi connectivity index (χ1v) is 8.24. The molecule has 3 aromatic carbocycles. The Kier molecular flexibility index (Phi) is 3.97. The summed E-state index contributed by atoms with van der Waals surface area (Å²) in [7, 11) is 0. The van der Waals surface area contributed by atoms with Crippen LogP contribution in [0.25, 0.3) is 16.7 Å². The van der Waals surface area contributed by atoms with Gasteiger partial charge < -0.3 is 5.32 Å². The number of benzene rings is 3. The Bertz CT molecular complexity index is 1100. The van der Waals surface area contributed by atoms with Crippen molar-refractivity contribution in [3.63, 3.8) is 0 Å². The van der Waals surface area contributed by atoms with Crippen LogP contribution in [0.1, 0.15) is 16.2 Å². The predicted molar refractivity (Wildman–Crippen MR) is 100 cm³/mol. The van der Waals surface area contributed by atoms with E-state index in [0.717, 1.165) is 17.0 Å². The van der Waals surface area contributed by atoms with Crippen molar-refractivity contribution in [1.29, 1.82) is 0 Å². The van der Waals surface area contributed by atoms with Crippen molar-refractivity contribution >= 4 is 22.6 Å². The lowest BCUT2D eigenvalue weighted by Crippen LogP contribution is -2.12. The summed E-state index contributed by atoms with van der Waals surface area (Å²) in [6.07, 6.45) is 0. The smallest absolute Gasteiger partial charge is 0.255 e. The van der Waals surface area contributed by atoms with Gasteiger partial charge in [-0.25, -0.2) is 9.37 Å². The number of carbonyl (C=O) groups is 1. The van der Waals surface area contributed by atoms with Gasteiger partial charge in [-0.15, -0.1) is 0 Å². The maximum Gasteiger partial charge on any atom is 0.255 e. The van der Waals surface area contributed by atoms with E-state index in [0.29, 0.717) is 11.1 Å². The molecule has 0 bridgehead atoms. The van der Waals surface area contributed by atoms with Crippen LogP contribution in [0.4, 0.5) is 10.1 Å². The largest absolute Gasteiger partial charge is 0.319 e. The van der Waals surface area contributed by atoms with Gasteiger partial charge in [0.2, 0.25) is 0 Å². The zero-order valence-electron chi connectivity index (χ0n) is 14.1. The number of imidazole rings is 1. The van der Waals surface area contributed by atoms with Gasteiger partial charge in [0.05, 0.1) is 16.7 Å². The van der Waals surface area contributed by atoms with Gasteiger partial charge in [0.15, 0.2) is 0 Å². The van der Waals surface area contributed by atoms with Crippen LogP contribution in [0.3, 0.4) is 0 Å². The van der Waals surface area contributed by atoms with E-state index >= 15 is 0 Å². The fourth-order valence-corrected chi connectivity index (χ4v) is 3.00. The predicted octanol–water partition coefficient (Wildman–Crippen LogP) is 4.73. The van der Waals surface area contributed by atoms with Crippen LogP contribution >= 0.6 is 0 Å². The molecule has 0 radical (unpaired) electrons. The van der Waals surface area contributed by atoms with Crippen molar-refractivity contribution in [1.82, 2.24) is 9.55 Å². The Labute approximate surface area is 149 Å². The molecule has 0 aliphatic carbocycles. The number of carbonyl (C=O) groups excluding carboxylic acids is 1. The quantitative estimate of drug-likeness (QED) is 0.584. The second-order valence-electron chi connectivity index (χ2n) is 5.97. The summed E-state index contributed by atoms with van der Waals surface area (Å²) in [4.78, 5) is 17.0. The lowest BCUT2D eigenvalue weighted by molar-refractivity contribution is 0.102. The second kappa shape index (κ2) is 6.44. The van der Waals surface area contributed by atoms with Crippen molar-refractivity contribution in [3.05, 3.63) is 90.0 Å². The van der Waals surface area contributed by atoms with Crippen molar-refractivity contribution in [2.24, 2.45) is 0 Å². The number of anilines is 1. The zero-order chi connectivity index (χ0) is 18.1. The summed E-state index contributed by atoms with van der Waals surface area (Å²) in [5, 5.41) is 2.60. The minimum atomic E-state index is -0.467. The summed E-state index contributed by atoms with van der Waals surface area (Å²) in [5.41, 5.74) is 3.22. The van der Waals surface area contributed by atoms with E-state index in [9.17, 15) is 9.18 Å². The highest BCUT2D eigenvalue weighted by Crippen LogP contribution is 2.23. The highest BCUT2D eigenvalue weighted by Gasteiger charge is 2.13. The minimum absolute atomic E-state index is 0.156. The number of hydrogen-bond donors (Lipinski definition) is 1. The first-order chi connectivity index (χ1) is 12.6. The fraction of sp³-hybridized carbons (Fsp3) is 0.0476. The van der Waals surface area contributed by atoms with E-state index in [1.54, 1.807) is 24.3 Å². The highest BCUT2D eigenvalue weighted by atomic mass is 19.1. The molecule has 4 nitrogen and oxygen atoms in total. The number of nitrogens with one attached hydrogen (secondary N) is 1. The van der Waals surface area contributed by atoms with Gasteiger partial charge in [-0.05, 0) is 49.4 Å². The first-order valence-electron chi connectivity index (χ1n) is 8.24. The molecular weight excluding hydrogens is 329 g/mol. The number of para-hydroxylation sites is 2. The lowest BCUT2D eigenvalue weighted by atomic mass is 10.1. The third kappa shape index (κ3) is 2.84. The van der Waals surface area contributed by atoms with Crippen LogP contribution in [-0.2, 0) is 0 Å². The third-order valence-electron chi connectivity index (χ3n) is 4.22. The second-order valence-corrected chi connectivity index (χ2v) is 5.97. The van der Waals surface area contributed by atoms with Crippen LogP contribution in [0.2, 0.25) is 0 Å². The molecule has 1 amide bonds. The van der Waals surface area contributed by atoms with Crippen molar-refractivity contribution in [2.45, 2.75) is 6.92 Å². The van der Waals surface area contributed by atoms with Gasteiger partial charge >= 0.3 is 0 Å². The van der Waals surface area contributed by atoms with E-state index in [4.69, 9.17) is 0 Å². The van der Waals surface area contributed by atoms with Crippen LogP contribution in [0.5, 0.6) is 0 Å². The molecule has 1 heterocycles. The molecular formula is C21H16FN3O. The molecule has 4 rings (SSSR count). The Morgan fingerprint density at radius 3 is 2.50 bits per heavy atom. The minimum Gasteiger partial charge on any atom is -0.319 e. The van der Waals surface area contributed by atoms with Gasteiger partial charge in [0.25, 0.3) is 5.91 Å². The maximum absolute atomic E-state index is 13.7. The number of nitrogens with zero attached hydrogens (tertiary/aromatic N) is 2. The number of rotatable bonds is 3. The number of aromatic nitrogens is 2. The van der Waals surface area contributed by atoms with Crippen molar-refractivity contribution in [2.75, 3.05) is 5.32 Å². The van der Waals surface area contributed by atoms with Gasteiger partial charge in [0.1, 0.15) is 11.6 Å². The molecule has 26 heavy (non-hydrogen) atoms. The fourth-order valence-electron chi connectivity index (χ4n) is 3.00. The Morgan fingerprint density at radius 2 is 1.73 bits per heavy atom. The average Bonchev–Trinajstić information content (AvgIpc) is 2.99. The summed E-state index contributed by atoms with van der Waals surface area (Å²) in [6.45, 7) is 1.92. The maximum atomic E-state index is 13.7. The number of hydrogen-bond acceptors (Lipinski definition) is 2. The molecule has 5 heteroatoms. The monoisotopic (exact) mass is 345 g/mol. The normalized spacial score (nSPS) is 10.8. The number of aryl methyl sites for hydroxylation is 1. The standard InChI is InChI=1S/C21H16FN3O/c1-14-23-19-13-15(21(26)24-18-10-6-5-9-17(18)22)11-12-20(19)25(14)16-7-3-2-4-8-16/h2-13H,1H3,(H,24,26). The molecule has 0 aliphatic heterocycles. The molecule has 0 spiro atoms. The SMILES string of the molecule is Cc1nc2cc(C(=O)Nc3ccccc3F)ccc2n1-c1ccccc1. The van der Waals surface area contributed by atoms with Crippen molar-refractivity contribution in [3.8, 4) is 5.69 Å². The molecule has 0 unspecified atom stereocenters.